The molecule has 0 spiro atoms. The third kappa shape index (κ3) is 5.72. The van der Waals surface area contributed by atoms with E-state index in [1.54, 1.807) is 4.57 Å². The van der Waals surface area contributed by atoms with Crippen LogP contribution in [0.3, 0.4) is 0 Å². The van der Waals surface area contributed by atoms with E-state index < -0.39 is 0 Å². The molecule has 1 heterocycles. The minimum absolute atomic E-state index is 0.0206. The van der Waals surface area contributed by atoms with Crippen molar-refractivity contribution in [1.29, 1.82) is 0 Å². The van der Waals surface area contributed by atoms with Crippen LogP contribution in [-0.4, -0.2) is 40.4 Å². The third-order valence-corrected chi connectivity index (χ3v) is 6.88. The fourth-order valence-corrected chi connectivity index (χ4v) is 4.95. The summed E-state index contributed by atoms with van der Waals surface area (Å²) in [5.74, 6) is 0.292. The van der Waals surface area contributed by atoms with E-state index in [1.807, 2.05) is 48.3 Å². The fourth-order valence-electron chi connectivity index (χ4n) is 4.95. The maximum atomic E-state index is 13.5. The predicted octanol–water partition coefficient (Wildman–Crippen LogP) is 4.58. The van der Waals surface area contributed by atoms with Gasteiger partial charge in [0.2, 0.25) is 5.91 Å². The van der Waals surface area contributed by atoms with Crippen molar-refractivity contribution < 1.29 is 4.79 Å². The van der Waals surface area contributed by atoms with E-state index >= 15 is 0 Å². The Balaban J connectivity index is 1.53. The number of pyridine rings is 1. The third-order valence-electron chi connectivity index (χ3n) is 6.88. The molecule has 0 bridgehead atoms. The van der Waals surface area contributed by atoms with Crippen LogP contribution < -0.4 is 5.56 Å². The Kier molecular flexibility index (Phi) is 7.61. The Morgan fingerprint density at radius 2 is 1.64 bits per heavy atom. The zero-order chi connectivity index (χ0) is 23.2. The van der Waals surface area contributed by atoms with E-state index in [-0.39, 0.29) is 17.4 Å². The number of carbonyl (C=O) groups is 1. The Labute approximate surface area is 196 Å². The first kappa shape index (κ1) is 23.2. The first-order valence-corrected chi connectivity index (χ1v) is 12.1. The van der Waals surface area contributed by atoms with Crippen molar-refractivity contribution in [3.63, 3.8) is 0 Å². The van der Waals surface area contributed by atoms with Crippen LogP contribution in [0.15, 0.2) is 65.5 Å². The topological polar surface area (TPSA) is 45.5 Å². The molecule has 3 aromatic rings. The first-order valence-electron chi connectivity index (χ1n) is 12.1. The van der Waals surface area contributed by atoms with Crippen LogP contribution in [0.25, 0.3) is 10.9 Å². The number of benzene rings is 2. The second-order valence-electron chi connectivity index (χ2n) is 9.41. The van der Waals surface area contributed by atoms with E-state index in [2.05, 4.69) is 36.2 Å². The second kappa shape index (κ2) is 10.8. The summed E-state index contributed by atoms with van der Waals surface area (Å²) in [5.41, 5.74) is 2.84. The summed E-state index contributed by atoms with van der Waals surface area (Å²) < 4.78 is 1.70. The lowest BCUT2D eigenvalue weighted by molar-refractivity contribution is -0.137. The number of aryl methyl sites for hydroxylation is 1. The summed E-state index contributed by atoms with van der Waals surface area (Å²) in [4.78, 5) is 30.8. The van der Waals surface area contributed by atoms with Crippen LogP contribution in [0.4, 0.5) is 0 Å². The molecule has 0 atom stereocenters. The molecule has 1 amide bonds. The van der Waals surface area contributed by atoms with Crippen molar-refractivity contribution in [1.82, 2.24) is 14.4 Å². The molecule has 0 radical (unpaired) electrons. The molecule has 4 rings (SSSR count). The molecular formula is C28H35N3O2. The quantitative estimate of drug-likeness (QED) is 0.510. The molecule has 5 heteroatoms. The number of aromatic nitrogens is 1. The Hall–Kier alpha value is -2.92. The number of para-hydroxylation sites is 1. The lowest BCUT2D eigenvalue weighted by Gasteiger charge is -2.31. The molecule has 1 fully saturated rings. The standard InChI is InChI=1S/C28H35N3O2/c1-29(20-22-11-5-3-6-12-22)17-18-31(28(33)23-13-7-4-8-14-23)21-25-19-24-15-9-10-16-26(24)30(2)27(25)32/h3,5-6,9-12,15-16,19,23H,4,7-8,13-14,17-18,20-21H2,1-2H3. The molecule has 0 N–H and O–H groups in total. The van der Waals surface area contributed by atoms with E-state index in [1.165, 1.54) is 12.0 Å². The number of amides is 1. The molecule has 0 saturated heterocycles. The number of nitrogens with zero attached hydrogens (tertiary/aromatic N) is 3. The minimum atomic E-state index is -0.0206. The maximum absolute atomic E-state index is 13.5. The normalized spacial score (nSPS) is 14.6. The highest BCUT2D eigenvalue weighted by atomic mass is 16.2. The smallest absolute Gasteiger partial charge is 0.255 e. The molecular weight excluding hydrogens is 410 g/mol. The number of hydrogen-bond donors (Lipinski definition) is 0. The van der Waals surface area contributed by atoms with Crippen molar-refractivity contribution in [2.75, 3.05) is 20.1 Å². The van der Waals surface area contributed by atoms with Gasteiger partial charge >= 0.3 is 0 Å². The summed E-state index contributed by atoms with van der Waals surface area (Å²) in [6, 6.07) is 20.3. The fraction of sp³-hybridized carbons (Fsp3) is 0.429. The summed E-state index contributed by atoms with van der Waals surface area (Å²) >= 11 is 0. The molecule has 1 aliphatic rings. The van der Waals surface area contributed by atoms with Gasteiger partial charge in [-0.3, -0.25) is 9.59 Å². The Morgan fingerprint density at radius 1 is 0.939 bits per heavy atom. The van der Waals surface area contributed by atoms with Crippen molar-refractivity contribution in [2.24, 2.45) is 13.0 Å². The van der Waals surface area contributed by atoms with Crippen molar-refractivity contribution in [2.45, 2.75) is 45.2 Å². The first-order chi connectivity index (χ1) is 16.0. The van der Waals surface area contributed by atoms with Crippen molar-refractivity contribution in [3.05, 3.63) is 82.1 Å². The van der Waals surface area contributed by atoms with Crippen LogP contribution in [0, 0.1) is 5.92 Å². The number of hydrogen-bond acceptors (Lipinski definition) is 3. The molecule has 0 unspecified atom stereocenters. The molecule has 1 aromatic heterocycles. The van der Waals surface area contributed by atoms with Crippen LogP contribution in [0.5, 0.6) is 0 Å². The summed E-state index contributed by atoms with van der Waals surface area (Å²) in [6.45, 7) is 2.59. The predicted molar refractivity (Wildman–Crippen MR) is 134 cm³/mol. The largest absolute Gasteiger partial charge is 0.337 e. The van der Waals surface area contributed by atoms with Gasteiger partial charge in [0.15, 0.2) is 0 Å². The maximum Gasteiger partial charge on any atom is 0.255 e. The monoisotopic (exact) mass is 445 g/mol. The van der Waals surface area contributed by atoms with Gasteiger partial charge in [0, 0.05) is 38.2 Å². The van der Waals surface area contributed by atoms with Crippen molar-refractivity contribution >= 4 is 16.8 Å². The van der Waals surface area contributed by atoms with Crippen LogP contribution in [0.1, 0.15) is 43.2 Å². The summed E-state index contributed by atoms with van der Waals surface area (Å²) in [7, 11) is 3.90. The summed E-state index contributed by atoms with van der Waals surface area (Å²) in [5, 5.41) is 1.03. The van der Waals surface area contributed by atoms with Crippen LogP contribution in [-0.2, 0) is 24.9 Å². The number of rotatable bonds is 8. The van der Waals surface area contributed by atoms with Gasteiger partial charge in [-0.05, 0) is 43.0 Å². The molecule has 2 aromatic carbocycles. The Morgan fingerprint density at radius 3 is 2.39 bits per heavy atom. The molecule has 1 aliphatic carbocycles. The van der Waals surface area contributed by atoms with Gasteiger partial charge in [-0.2, -0.15) is 0 Å². The van der Waals surface area contributed by atoms with Gasteiger partial charge in [-0.25, -0.2) is 0 Å². The Bertz CT molecular complexity index is 1130. The number of carbonyl (C=O) groups excluding carboxylic acids is 1. The zero-order valence-corrected chi connectivity index (χ0v) is 19.9. The van der Waals surface area contributed by atoms with Gasteiger partial charge in [-0.15, -0.1) is 0 Å². The minimum Gasteiger partial charge on any atom is -0.337 e. The second-order valence-corrected chi connectivity index (χ2v) is 9.41. The van der Waals surface area contributed by atoms with E-state index in [4.69, 9.17) is 0 Å². The van der Waals surface area contributed by atoms with E-state index in [0.717, 1.165) is 49.7 Å². The van der Waals surface area contributed by atoms with Crippen LogP contribution >= 0.6 is 0 Å². The number of fused-ring (bicyclic) bond motifs is 1. The average Bonchev–Trinajstić information content (AvgIpc) is 2.85. The molecule has 0 aliphatic heterocycles. The highest BCUT2D eigenvalue weighted by Gasteiger charge is 2.27. The van der Waals surface area contributed by atoms with E-state index in [0.29, 0.717) is 18.7 Å². The SMILES string of the molecule is CN(CCN(Cc1cc2ccccc2n(C)c1=O)C(=O)C1CCCCC1)Cc1ccccc1. The molecule has 33 heavy (non-hydrogen) atoms. The molecule has 1 saturated carbocycles. The van der Waals surface area contributed by atoms with Gasteiger partial charge in [0.1, 0.15) is 0 Å². The molecule has 5 nitrogen and oxygen atoms in total. The number of likely N-dealkylation sites (N-methyl/N-ethyl adjacent to an activating group) is 1. The lowest BCUT2D eigenvalue weighted by Crippen LogP contribution is -2.42. The van der Waals surface area contributed by atoms with Crippen molar-refractivity contribution in [3.8, 4) is 0 Å². The van der Waals surface area contributed by atoms with Gasteiger partial charge in [0.25, 0.3) is 5.56 Å². The van der Waals surface area contributed by atoms with Gasteiger partial charge in [0.05, 0.1) is 12.1 Å². The summed E-state index contributed by atoms with van der Waals surface area (Å²) in [6.07, 6.45) is 5.39. The average molecular weight is 446 g/mol. The van der Waals surface area contributed by atoms with Crippen LogP contribution in [0.2, 0.25) is 0 Å². The van der Waals surface area contributed by atoms with Gasteiger partial charge in [-0.1, -0.05) is 67.8 Å². The zero-order valence-electron chi connectivity index (χ0n) is 19.9. The lowest BCUT2D eigenvalue weighted by atomic mass is 9.88. The molecule has 174 valence electrons. The van der Waals surface area contributed by atoms with E-state index in [9.17, 15) is 9.59 Å². The highest BCUT2D eigenvalue weighted by Crippen LogP contribution is 2.26. The highest BCUT2D eigenvalue weighted by molar-refractivity contribution is 5.81. The van der Waals surface area contributed by atoms with Gasteiger partial charge < -0.3 is 14.4 Å².